The predicted octanol–water partition coefficient (Wildman–Crippen LogP) is 2.51. The molecule has 2 rings (SSSR count). The van der Waals surface area contributed by atoms with Crippen molar-refractivity contribution < 1.29 is 19.4 Å². The van der Waals surface area contributed by atoms with Gasteiger partial charge in [-0.15, -0.1) is 0 Å². The maximum atomic E-state index is 12.1. The van der Waals surface area contributed by atoms with E-state index in [0.717, 1.165) is 25.4 Å². The Hall–Kier alpha value is -1.58. The van der Waals surface area contributed by atoms with Crippen molar-refractivity contribution in [2.75, 3.05) is 7.11 Å². The Bertz CT molecular complexity index is 672. The summed E-state index contributed by atoms with van der Waals surface area (Å²) >= 11 is -0.0639. The molecule has 0 amide bonds. The second kappa shape index (κ2) is 5.81. The van der Waals surface area contributed by atoms with Gasteiger partial charge in [-0.2, -0.15) is 0 Å². The van der Waals surface area contributed by atoms with Crippen LogP contribution in [0.3, 0.4) is 0 Å². The van der Waals surface area contributed by atoms with Gasteiger partial charge in [0, 0.05) is 0 Å². The van der Waals surface area contributed by atoms with Gasteiger partial charge in [-0.1, -0.05) is 0 Å². The molecule has 2 aromatic rings. The number of hydrogen-bond donors (Lipinski definition) is 1. The van der Waals surface area contributed by atoms with Gasteiger partial charge in [0.05, 0.1) is 0 Å². The molecule has 0 bridgehead atoms. The Morgan fingerprint density at radius 2 is 2.05 bits per heavy atom. The molecule has 1 atom stereocenters. The Balaban J connectivity index is 2.32. The molecule has 0 aliphatic carbocycles. The first-order chi connectivity index (χ1) is 9.42. The van der Waals surface area contributed by atoms with Crippen molar-refractivity contribution in [3.8, 4) is 5.75 Å². The van der Waals surface area contributed by atoms with E-state index in [4.69, 9.17) is 9.84 Å². The number of ether oxygens (including phenoxy) is 1. The van der Waals surface area contributed by atoms with E-state index in [1.807, 2.05) is 25.1 Å². The van der Waals surface area contributed by atoms with Crippen LogP contribution in [0.2, 0.25) is 0 Å². The number of carboxylic acid groups (broad SMARTS) is 1. The van der Waals surface area contributed by atoms with Crippen LogP contribution in [0.15, 0.2) is 18.2 Å². The monoisotopic (exact) mass is 340 g/mol. The van der Waals surface area contributed by atoms with Gasteiger partial charge in [0.2, 0.25) is 0 Å². The summed E-state index contributed by atoms with van der Waals surface area (Å²) in [6.07, 6.45) is 0.0625. The van der Waals surface area contributed by atoms with Crippen molar-refractivity contribution in [2.45, 2.75) is 20.3 Å². The normalized spacial score (nSPS) is 12.3. The number of rotatable bonds is 5. The van der Waals surface area contributed by atoms with E-state index in [1.54, 1.807) is 14.0 Å². The van der Waals surface area contributed by atoms with Crippen LogP contribution in [-0.2, 0) is 4.79 Å². The molecular formula is C15H16O4Se. The van der Waals surface area contributed by atoms with Crippen molar-refractivity contribution in [1.82, 2.24) is 0 Å². The number of Topliss-reactive ketones (excluding diaryl/α,β-unsaturated/α-hetero) is 1. The average Bonchev–Trinajstić information content (AvgIpc) is 2.80. The summed E-state index contributed by atoms with van der Waals surface area (Å²) < 4.78 is 7.15. The zero-order chi connectivity index (χ0) is 14.9. The Labute approximate surface area is 123 Å². The molecule has 106 valence electrons. The fourth-order valence-corrected chi connectivity index (χ4v) is 4.15. The number of carbonyl (C=O) groups is 2. The standard InChI is InChI=1S/C15H16O4Se/c1-8-4-10-6-14(11(16)5-9(2)15(17)18)20-13(10)7-12(8)19-3/h4,6-7,9H,5H2,1-3H3,(H,17,18). The van der Waals surface area contributed by atoms with E-state index < -0.39 is 11.9 Å². The van der Waals surface area contributed by atoms with Crippen LogP contribution in [0, 0.1) is 12.8 Å². The van der Waals surface area contributed by atoms with Crippen LogP contribution in [0.1, 0.15) is 28.1 Å². The summed E-state index contributed by atoms with van der Waals surface area (Å²) in [5, 5.41) is 9.92. The first-order valence-electron chi connectivity index (χ1n) is 6.26. The van der Waals surface area contributed by atoms with Crippen molar-refractivity contribution in [3.05, 3.63) is 28.2 Å². The van der Waals surface area contributed by atoms with Gasteiger partial charge in [0.1, 0.15) is 0 Å². The fourth-order valence-electron chi connectivity index (χ4n) is 2.01. The maximum absolute atomic E-state index is 12.1. The van der Waals surface area contributed by atoms with Gasteiger partial charge in [-0.05, 0) is 0 Å². The number of ketones is 1. The van der Waals surface area contributed by atoms with Crippen molar-refractivity contribution >= 4 is 35.9 Å². The predicted molar refractivity (Wildman–Crippen MR) is 77.9 cm³/mol. The summed E-state index contributed by atoms with van der Waals surface area (Å²) in [6, 6.07) is 5.87. The molecule has 20 heavy (non-hydrogen) atoms. The Kier molecular flexibility index (Phi) is 4.31. The number of carbonyl (C=O) groups excluding carboxylic acids is 1. The van der Waals surface area contributed by atoms with Crippen LogP contribution >= 0.6 is 0 Å². The number of fused-ring (bicyclic) bond motifs is 1. The molecule has 5 heteroatoms. The minimum absolute atomic E-state index is 0.0623. The van der Waals surface area contributed by atoms with Gasteiger partial charge in [0.25, 0.3) is 0 Å². The molecule has 0 saturated heterocycles. The first-order valence-corrected chi connectivity index (χ1v) is 7.98. The number of aryl methyl sites for hydroxylation is 1. The molecular weight excluding hydrogens is 323 g/mol. The topological polar surface area (TPSA) is 63.6 Å². The second-order valence-corrected chi connectivity index (χ2v) is 7.11. The van der Waals surface area contributed by atoms with Gasteiger partial charge in [-0.25, -0.2) is 0 Å². The molecule has 0 saturated carbocycles. The summed E-state index contributed by atoms with van der Waals surface area (Å²) in [4.78, 5) is 22.9. The third-order valence-corrected chi connectivity index (χ3v) is 5.61. The zero-order valence-corrected chi connectivity index (χ0v) is 13.3. The van der Waals surface area contributed by atoms with Crippen LogP contribution < -0.4 is 4.74 Å². The third-order valence-electron chi connectivity index (χ3n) is 3.22. The molecule has 1 aromatic carbocycles. The van der Waals surface area contributed by atoms with Crippen LogP contribution in [0.4, 0.5) is 0 Å². The van der Waals surface area contributed by atoms with Gasteiger partial charge >= 0.3 is 123 Å². The Morgan fingerprint density at radius 3 is 2.65 bits per heavy atom. The van der Waals surface area contributed by atoms with Gasteiger partial charge in [0.15, 0.2) is 0 Å². The SMILES string of the molecule is COc1cc2[se]c(C(=O)CC(C)C(=O)O)cc2cc1C. The minimum atomic E-state index is -0.931. The third kappa shape index (κ3) is 2.94. The molecule has 0 aliphatic heterocycles. The molecule has 1 N–H and O–H groups in total. The Morgan fingerprint density at radius 1 is 1.35 bits per heavy atom. The molecule has 1 heterocycles. The number of aliphatic carboxylic acids is 1. The summed E-state index contributed by atoms with van der Waals surface area (Å²) in [7, 11) is 1.63. The fraction of sp³-hybridized carbons (Fsp3) is 0.333. The van der Waals surface area contributed by atoms with Gasteiger partial charge < -0.3 is 0 Å². The quantitative estimate of drug-likeness (QED) is 0.672. The molecule has 0 fully saturated rings. The number of benzene rings is 1. The van der Waals surface area contributed by atoms with E-state index >= 15 is 0 Å². The number of hydrogen-bond acceptors (Lipinski definition) is 3. The molecule has 1 aromatic heterocycles. The molecule has 1 unspecified atom stereocenters. The van der Waals surface area contributed by atoms with Crippen LogP contribution in [0.25, 0.3) is 9.65 Å². The van der Waals surface area contributed by atoms with E-state index in [-0.39, 0.29) is 26.7 Å². The number of carboxylic acids is 1. The average molecular weight is 339 g/mol. The molecule has 4 nitrogen and oxygen atoms in total. The van der Waals surface area contributed by atoms with E-state index in [1.165, 1.54) is 0 Å². The summed E-state index contributed by atoms with van der Waals surface area (Å²) in [6.45, 7) is 3.52. The first kappa shape index (κ1) is 14.8. The van der Waals surface area contributed by atoms with Crippen molar-refractivity contribution in [3.63, 3.8) is 0 Å². The molecule has 0 radical (unpaired) electrons. The zero-order valence-electron chi connectivity index (χ0n) is 11.6. The van der Waals surface area contributed by atoms with E-state index in [2.05, 4.69) is 0 Å². The molecule has 0 aliphatic rings. The van der Waals surface area contributed by atoms with Crippen molar-refractivity contribution in [1.29, 1.82) is 0 Å². The van der Waals surface area contributed by atoms with E-state index in [0.29, 0.717) is 0 Å². The van der Waals surface area contributed by atoms with Crippen molar-refractivity contribution in [2.24, 2.45) is 5.92 Å². The summed E-state index contributed by atoms with van der Waals surface area (Å²) in [5.41, 5.74) is 1.03. The number of methoxy groups -OCH3 is 1. The second-order valence-electron chi connectivity index (χ2n) is 4.84. The van der Waals surface area contributed by atoms with Gasteiger partial charge in [-0.3, -0.25) is 0 Å². The van der Waals surface area contributed by atoms with Crippen LogP contribution in [0.5, 0.6) is 5.75 Å². The summed E-state index contributed by atoms with van der Waals surface area (Å²) in [5.74, 6) is -0.807. The van der Waals surface area contributed by atoms with Crippen LogP contribution in [-0.4, -0.2) is 38.5 Å². The van der Waals surface area contributed by atoms with E-state index in [9.17, 15) is 9.59 Å². The molecule has 0 spiro atoms.